The Morgan fingerprint density at radius 1 is 1.17 bits per heavy atom. The first-order valence-electron chi connectivity index (χ1n) is 13.1. The molecule has 2 aliphatic rings. The first-order chi connectivity index (χ1) is 19.6. The van der Waals surface area contributed by atoms with Gasteiger partial charge in [0.05, 0.1) is 35.3 Å². The van der Waals surface area contributed by atoms with Crippen LogP contribution in [0.4, 0.5) is 0 Å². The molecule has 2 aliphatic heterocycles. The smallest absolute Gasteiger partial charge is 0.263 e. The third-order valence-electron chi connectivity index (χ3n) is 7.26. The summed E-state index contributed by atoms with van der Waals surface area (Å²) in [5, 5.41) is 11.5. The maximum absolute atomic E-state index is 13.7. The van der Waals surface area contributed by atoms with Crippen LogP contribution in [0.15, 0.2) is 52.4 Å². The average molecular weight is 604 g/mol. The molecule has 2 aromatic heterocycles. The van der Waals surface area contributed by atoms with E-state index in [-0.39, 0.29) is 61.3 Å². The Hall–Kier alpha value is -3.75. The van der Waals surface area contributed by atoms with Crippen LogP contribution < -0.4 is 15.6 Å². The monoisotopic (exact) mass is 603 g/mol. The maximum atomic E-state index is 13.7. The topological polar surface area (TPSA) is 149 Å². The summed E-state index contributed by atoms with van der Waals surface area (Å²) in [4.78, 5) is 40.3. The van der Waals surface area contributed by atoms with Crippen LogP contribution in [0, 0.1) is 5.92 Å². The number of hydrogen-bond acceptors (Lipinski definition) is 8. The second-order valence-corrected chi connectivity index (χ2v) is 12.3. The van der Waals surface area contributed by atoms with Gasteiger partial charge in [0.25, 0.3) is 11.5 Å². The van der Waals surface area contributed by atoms with E-state index >= 15 is 0 Å². The fourth-order valence-corrected chi connectivity index (χ4v) is 6.80. The Bertz CT molecular complexity index is 1640. The van der Waals surface area contributed by atoms with Gasteiger partial charge >= 0.3 is 0 Å². The number of carbonyl (C=O) groups is 2. The lowest BCUT2D eigenvalue weighted by molar-refractivity contribution is -0.122. The lowest BCUT2D eigenvalue weighted by atomic mass is 9.99. The number of hydrogen-bond donors (Lipinski definition) is 1. The van der Waals surface area contributed by atoms with Crippen LogP contribution in [0.5, 0.6) is 5.75 Å². The van der Waals surface area contributed by atoms with Crippen LogP contribution in [0.2, 0.25) is 5.02 Å². The molecule has 15 heteroatoms. The van der Waals surface area contributed by atoms with E-state index in [1.165, 1.54) is 38.0 Å². The molecule has 13 nitrogen and oxygen atoms in total. The number of nitrogens with zero attached hydrogens (tertiary/aromatic N) is 6. The lowest BCUT2D eigenvalue weighted by Gasteiger charge is -2.20. The first kappa shape index (κ1) is 28.8. The molecular formula is C26H30ClN7O6S. The number of sulfonamides is 1. The van der Waals surface area contributed by atoms with E-state index in [4.69, 9.17) is 16.3 Å². The summed E-state index contributed by atoms with van der Waals surface area (Å²) in [7, 11) is -2.41. The Balaban J connectivity index is 1.48. The quantitative estimate of drug-likeness (QED) is 0.464. The second-order valence-electron chi connectivity index (χ2n) is 10.0. The summed E-state index contributed by atoms with van der Waals surface area (Å²) in [6.07, 6.45) is 3.24. The van der Waals surface area contributed by atoms with E-state index in [0.717, 1.165) is 0 Å². The largest absolute Gasteiger partial charge is 0.492 e. The number of ether oxygens (including phenoxy) is 1. The predicted octanol–water partition coefficient (Wildman–Crippen LogP) is 0.994. The molecule has 1 saturated heterocycles. The number of rotatable bonds is 4. The van der Waals surface area contributed by atoms with E-state index in [1.807, 2.05) is 0 Å². The summed E-state index contributed by atoms with van der Waals surface area (Å²) in [5.41, 5.74) is -0.0200. The number of aromatic nitrogens is 4. The zero-order chi connectivity index (χ0) is 29.3. The number of benzene rings is 1. The molecule has 2 atom stereocenters. The molecule has 218 valence electrons. The van der Waals surface area contributed by atoms with Gasteiger partial charge in [0.15, 0.2) is 0 Å². The molecule has 0 unspecified atom stereocenters. The van der Waals surface area contributed by atoms with Gasteiger partial charge in [-0.2, -0.15) is 4.31 Å². The summed E-state index contributed by atoms with van der Waals surface area (Å²) in [5.74, 6) is -0.903. The predicted molar refractivity (Wildman–Crippen MR) is 148 cm³/mol. The highest BCUT2D eigenvalue weighted by Gasteiger charge is 2.42. The van der Waals surface area contributed by atoms with Crippen molar-refractivity contribution >= 4 is 33.4 Å². The Kier molecular flexibility index (Phi) is 8.16. The standard InChI is InChI=1S/C26H30ClN7O6S/c1-3-40-23-12-19(6-7-21(23)27)41(38,39)33-13-17-11-24(35)28-8-10-31(2)25(36)20-5-4-9-32(26(20)37)14-18-15-34(30-29-18)22(17)16-33/h4-7,9,12,15,17,22H,3,8,10-11,13-14,16H2,1-2H3,(H,28,35)/t17-,22+/m0/s1. The third kappa shape index (κ3) is 5.85. The van der Waals surface area contributed by atoms with E-state index in [9.17, 15) is 22.8 Å². The fourth-order valence-electron chi connectivity index (χ4n) is 5.10. The van der Waals surface area contributed by atoms with Crippen LogP contribution in [-0.4, -0.2) is 88.8 Å². The number of fused-ring (bicyclic) bond motifs is 6. The Morgan fingerprint density at radius 2 is 1.98 bits per heavy atom. The van der Waals surface area contributed by atoms with E-state index in [1.54, 1.807) is 37.1 Å². The number of amides is 2. The van der Waals surface area contributed by atoms with Crippen LogP contribution in [0.3, 0.4) is 0 Å². The maximum Gasteiger partial charge on any atom is 0.263 e. The number of nitrogens with one attached hydrogen (secondary N) is 1. The van der Waals surface area contributed by atoms with Gasteiger partial charge in [0, 0.05) is 57.8 Å². The molecule has 0 radical (unpaired) electrons. The minimum absolute atomic E-state index is 0.00668. The highest BCUT2D eigenvalue weighted by Crippen LogP contribution is 2.36. The Morgan fingerprint density at radius 3 is 2.76 bits per heavy atom. The minimum Gasteiger partial charge on any atom is -0.492 e. The molecule has 4 heterocycles. The zero-order valence-corrected chi connectivity index (χ0v) is 24.1. The first-order valence-corrected chi connectivity index (χ1v) is 14.9. The Labute approximate surface area is 241 Å². The summed E-state index contributed by atoms with van der Waals surface area (Å²) < 4.78 is 37.1. The van der Waals surface area contributed by atoms with Crippen LogP contribution in [0.25, 0.3) is 0 Å². The van der Waals surface area contributed by atoms with Gasteiger partial charge < -0.3 is 19.5 Å². The SMILES string of the molecule is CCOc1cc(S(=O)(=O)N2C[C@@H]3CC(=O)NCCN(C)C(=O)c4cccn(c4=O)Cc4cn(nn4)[C@@H]3C2)ccc1Cl. The van der Waals surface area contributed by atoms with Crippen molar-refractivity contribution in [3.8, 4) is 5.75 Å². The summed E-state index contributed by atoms with van der Waals surface area (Å²) in [6, 6.07) is 6.89. The third-order valence-corrected chi connectivity index (χ3v) is 9.40. The van der Waals surface area contributed by atoms with Crippen molar-refractivity contribution in [2.45, 2.75) is 30.8 Å². The lowest BCUT2D eigenvalue weighted by Crippen LogP contribution is -2.39. The second kappa shape index (κ2) is 11.6. The van der Waals surface area contributed by atoms with E-state index < -0.39 is 33.4 Å². The van der Waals surface area contributed by atoms with Gasteiger partial charge in [-0.15, -0.1) is 5.10 Å². The highest BCUT2D eigenvalue weighted by molar-refractivity contribution is 7.89. The van der Waals surface area contributed by atoms with E-state index in [2.05, 4.69) is 15.6 Å². The van der Waals surface area contributed by atoms with Crippen molar-refractivity contribution in [3.63, 3.8) is 0 Å². The summed E-state index contributed by atoms with van der Waals surface area (Å²) in [6.45, 7) is 2.65. The molecule has 0 aliphatic carbocycles. The van der Waals surface area contributed by atoms with Gasteiger partial charge in [-0.25, -0.2) is 13.1 Å². The van der Waals surface area contributed by atoms with Crippen LogP contribution >= 0.6 is 11.6 Å². The summed E-state index contributed by atoms with van der Waals surface area (Å²) >= 11 is 6.17. The molecule has 1 fully saturated rings. The van der Waals surface area contributed by atoms with Gasteiger partial charge in [0.2, 0.25) is 15.9 Å². The molecular weight excluding hydrogens is 574 g/mol. The molecule has 41 heavy (non-hydrogen) atoms. The normalized spacial score (nSPS) is 20.5. The molecule has 4 bridgehead atoms. The number of carbonyl (C=O) groups excluding carboxylic acids is 2. The van der Waals surface area contributed by atoms with Gasteiger partial charge in [-0.1, -0.05) is 16.8 Å². The van der Waals surface area contributed by atoms with Crippen molar-refractivity contribution in [2.24, 2.45) is 5.92 Å². The van der Waals surface area contributed by atoms with Crippen LogP contribution in [-0.2, 0) is 21.4 Å². The number of halogens is 1. The average Bonchev–Trinajstić information content (AvgIpc) is 3.57. The molecule has 3 aromatic rings. The van der Waals surface area contributed by atoms with Gasteiger partial charge in [-0.3, -0.25) is 14.4 Å². The van der Waals surface area contributed by atoms with Crippen LogP contribution in [0.1, 0.15) is 35.4 Å². The van der Waals surface area contributed by atoms with Crippen molar-refractivity contribution in [3.05, 3.63) is 69.4 Å². The molecule has 0 saturated carbocycles. The van der Waals surface area contributed by atoms with Crippen molar-refractivity contribution in [1.29, 1.82) is 0 Å². The van der Waals surface area contributed by atoms with Crippen molar-refractivity contribution in [1.82, 2.24) is 34.1 Å². The molecule has 1 aromatic carbocycles. The van der Waals surface area contributed by atoms with Gasteiger partial charge in [-0.05, 0) is 31.2 Å². The number of likely N-dealkylation sites (N-methyl/N-ethyl adjacent to an activating group) is 1. The molecule has 0 spiro atoms. The number of pyridine rings is 1. The molecule has 1 N–H and O–H groups in total. The molecule has 2 amide bonds. The van der Waals surface area contributed by atoms with Gasteiger partial charge in [0.1, 0.15) is 17.0 Å². The van der Waals surface area contributed by atoms with Crippen molar-refractivity contribution in [2.75, 3.05) is 39.8 Å². The highest BCUT2D eigenvalue weighted by atomic mass is 35.5. The van der Waals surface area contributed by atoms with Crippen molar-refractivity contribution < 1.29 is 22.7 Å². The molecule has 5 rings (SSSR count). The minimum atomic E-state index is -3.97. The fraction of sp³-hybridized carbons (Fsp3) is 0.423. The van der Waals surface area contributed by atoms with E-state index in [0.29, 0.717) is 17.3 Å². The zero-order valence-electron chi connectivity index (χ0n) is 22.6.